The number of carbonyl (C=O) groups is 1. The Kier molecular flexibility index (Phi) is 4.36. The number of aryl methyl sites for hydroxylation is 1. The van der Waals surface area contributed by atoms with Gasteiger partial charge in [0.15, 0.2) is 0 Å². The number of likely N-dealkylation sites (tertiary alicyclic amines) is 1. The van der Waals surface area contributed by atoms with Crippen LogP contribution in [-0.4, -0.2) is 46.3 Å². The van der Waals surface area contributed by atoms with Crippen molar-refractivity contribution in [2.75, 3.05) is 19.6 Å². The van der Waals surface area contributed by atoms with E-state index in [0.29, 0.717) is 6.54 Å². The fraction of sp³-hybridized carbons (Fsp3) is 0.692. The molecule has 1 amide bonds. The Balaban J connectivity index is 1.71. The summed E-state index contributed by atoms with van der Waals surface area (Å²) in [6, 6.07) is -0.00754. The Morgan fingerprint density at radius 2 is 2.22 bits per heavy atom. The van der Waals surface area contributed by atoms with E-state index in [-0.39, 0.29) is 11.9 Å². The van der Waals surface area contributed by atoms with Gasteiger partial charge >= 0.3 is 0 Å². The van der Waals surface area contributed by atoms with Gasteiger partial charge in [-0.3, -0.25) is 14.4 Å². The van der Waals surface area contributed by atoms with Crippen molar-refractivity contribution in [3.05, 3.63) is 18.0 Å². The Morgan fingerprint density at radius 3 is 2.83 bits per heavy atom. The van der Waals surface area contributed by atoms with Crippen LogP contribution in [0.3, 0.4) is 0 Å². The van der Waals surface area contributed by atoms with Gasteiger partial charge in [0.1, 0.15) is 0 Å². The van der Waals surface area contributed by atoms with Gasteiger partial charge in [-0.05, 0) is 45.3 Å². The lowest BCUT2D eigenvalue weighted by Crippen LogP contribution is -2.44. The third-order valence-corrected chi connectivity index (χ3v) is 3.47. The molecule has 1 aliphatic rings. The zero-order valence-electron chi connectivity index (χ0n) is 11.2. The van der Waals surface area contributed by atoms with Gasteiger partial charge in [-0.15, -0.1) is 0 Å². The summed E-state index contributed by atoms with van der Waals surface area (Å²) in [7, 11) is 0. The number of aromatic nitrogens is 2. The Bertz CT molecular complexity index is 395. The van der Waals surface area contributed by atoms with Crippen molar-refractivity contribution in [1.29, 1.82) is 0 Å². The van der Waals surface area contributed by atoms with Crippen LogP contribution in [0.1, 0.15) is 25.3 Å². The first-order valence-corrected chi connectivity index (χ1v) is 6.67. The lowest BCUT2D eigenvalue weighted by atomic mass is 10.3. The van der Waals surface area contributed by atoms with Gasteiger partial charge in [-0.2, -0.15) is 5.10 Å². The van der Waals surface area contributed by atoms with Crippen LogP contribution in [0.4, 0.5) is 0 Å². The Morgan fingerprint density at radius 1 is 1.50 bits per heavy atom. The highest BCUT2D eigenvalue weighted by molar-refractivity contribution is 5.81. The van der Waals surface area contributed by atoms with Crippen LogP contribution in [0.5, 0.6) is 0 Å². The summed E-state index contributed by atoms with van der Waals surface area (Å²) >= 11 is 0. The molecule has 1 aliphatic heterocycles. The van der Waals surface area contributed by atoms with Crippen molar-refractivity contribution >= 4 is 5.91 Å². The molecule has 0 bridgehead atoms. The Hall–Kier alpha value is -1.36. The number of amides is 1. The van der Waals surface area contributed by atoms with Crippen LogP contribution in [0, 0.1) is 6.92 Å². The fourth-order valence-corrected chi connectivity index (χ4v) is 2.33. The number of hydrogen-bond acceptors (Lipinski definition) is 3. The Labute approximate surface area is 108 Å². The van der Waals surface area contributed by atoms with E-state index in [2.05, 4.69) is 15.3 Å². The molecule has 1 aromatic rings. The predicted molar refractivity (Wildman–Crippen MR) is 70.2 cm³/mol. The van der Waals surface area contributed by atoms with E-state index in [1.54, 1.807) is 0 Å². The minimum Gasteiger partial charge on any atom is -0.353 e. The molecule has 1 N–H and O–H groups in total. The average Bonchev–Trinajstić information content (AvgIpc) is 2.99. The summed E-state index contributed by atoms with van der Waals surface area (Å²) in [5.41, 5.74) is 1.15. The highest BCUT2D eigenvalue weighted by Crippen LogP contribution is 2.11. The number of nitrogens with zero attached hydrogens (tertiary/aromatic N) is 3. The second kappa shape index (κ2) is 6.00. The van der Waals surface area contributed by atoms with E-state index < -0.39 is 0 Å². The third kappa shape index (κ3) is 3.32. The number of nitrogens with one attached hydrogen (secondary N) is 1. The monoisotopic (exact) mass is 250 g/mol. The lowest BCUT2D eigenvalue weighted by molar-refractivity contribution is -0.125. The fourth-order valence-electron chi connectivity index (χ4n) is 2.33. The zero-order valence-corrected chi connectivity index (χ0v) is 11.2. The van der Waals surface area contributed by atoms with Gasteiger partial charge in [0.05, 0.1) is 18.8 Å². The summed E-state index contributed by atoms with van der Waals surface area (Å²) < 4.78 is 1.86. The second-order valence-electron chi connectivity index (χ2n) is 4.99. The summed E-state index contributed by atoms with van der Waals surface area (Å²) in [5, 5.41) is 7.17. The van der Waals surface area contributed by atoms with Crippen molar-refractivity contribution in [2.45, 2.75) is 39.3 Å². The molecule has 5 heteroatoms. The molecule has 1 saturated heterocycles. The minimum absolute atomic E-state index is 0.00754. The first-order chi connectivity index (χ1) is 8.66. The molecule has 2 rings (SSSR count). The molecule has 2 heterocycles. The van der Waals surface area contributed by atoms with Crippen LogP contribution in [-0.2, 0) is 11.3 Å². The standard InChI is InChI=1S/C13H22N4O/c1-11-9-15-17(10-11)8-5-14-13(18)12(2)16-6-3-4-7-16/h9-10,12H,3-8H2,1-2H3,(H,14,18)/t12-/m0/s1. The summed E-state index contributed by atoms with van der Waals surface area (Å²) in [4.78, 5) is 14.2. The van der Waals surface area contributed by atoms with E-state index in [1.165, 1.54) is 12.8 Å². The van der Waals surface area contributed by atoms with E-state index >= 15 is 0 Å². The SMILES string of the molecule is Cc1cnn(CCNC(=O)[C@H](C)N2CCCC2)c1. The van der Waals surface area contributed by atoms with E-state index in [4.69, 9.17) is 0 Å². The van der Waals surface area contributed by atoms with E-state index in [9.17, 15) is 4.79 Å². The smallest absolute Gasteiger partial charge is 0.237 e. The lowest BCUT2D eigenvalue weighted by Gasteiger charge is -2.22. The highest BCUT2D eigenvalue weighted by Gasteiger charge is 2.23. The molecule has 100 valence electrons. The van der Waals surface area contributed by atoms with Gasteiger partial charge in [-0.25, -0.2) is 0 Å². The first kappa shape index (κ1) is 13.1. The van der Waals surface area contributed by atoms with Crippen molar-refractivity contribution < 1.29 is 4.79 Å². The molecule has 0 saturated carbocycles. The molecule has 1 atom stereocenters. The molecule has 18 heavy (non-hydrogen) atoms. The molecule has 0 radical (unpaired) electrons. The molecule has 0 aromatic carbocycles. The molecule has 5 nitrogen and oxygen atoms in total. The topological polar surface area (TPSA) is 50.2 Å². The molecule has 0 spiro atoms. The highest BCUT2D eigenvalue weighted by atomic mass is 16.2. The molecular weight excluding hydrogens is 228 g/mol. The first-order valence-electron chi connectivity index (χ1n) is 6.67. The van der Waals surface area contributed by atoms with Gasteiger partial charge in [0.25, 0.3) is 0 Å². The summed E-state index contributed by atoms with van der Waals surface area (Å²) in [6.07, 6.45) is 6.24. The van der Waals surface area contributed by atoms with Gasteiger partial charge in [-0.1, -0.05) is 0 Å². The van der Waals surface area contributed by atoms with Crippen molar-refractivity contribution in [3.8, 4) is 0 Å². The van der Waals surface area contributed by atoms with E-state index in [0.717, 1.165) is 25.2 Å². The van der Waals surface area contributed by atoms with Gasteiger partial charge in [0, 0.05) is 12.7 Å². The average molecular weight is 250 g/mol. The molecule has 1 fully saturated rings. The number of hydrogen-bond donors (Lipinski definition) is 1. The maximum Gasteiger partial charge on any atom is 0.237 e. The zero-order chi connectivity index (χ0) is 13.0. The van der Waals surface area contributed by atoms with Gasteiger partial charge < -0.3 is 5.32 Å². The van der Waals surface area contributed by atoms with Crippen molar-refractivity contribution in [3.63, 3.8) is 0 Å². The second-order valence-corrected chi connectivity index (χ2v) is 4.99. The van der Waals surface area contributed by atoms with E-state index in [1.807, 2.05) is 30.9 Å². The minimum atomic E-state index is -0.00754. The van der Waals surface area contributed by atoms with Crippen LogP contribution in [0.25, 0.3) is 0 Å². The van der Waals surface area contributed by atoms with Crippen molar-refractivity contribution in [2.24, 2.45) is 0 Å². The molecule has 0 unspecified atom stereocenters. The predicted octanol–water partition coefficient (Wildman–Crippen LogP) is 0.792. The van der Waals surface area contributed by atoms with Crippen LogP contribution in [0.2, 0.25) is 0 Å². The number of carbonyl (C=O) groups excluding carboxylic acids is 1. The third-order valence-electron chi connectivity index (χ3n) is 3.47. The summed E-state index contributed by atoms with van der Waals surface area (Å²) in [5.74, 6) is 0.126. The summed E-state index contributed by atoms with van der Waals surface area (Å²) in [6.45, 7) is 7.46. The quantitative estimate of drug-likeness (QED) is 0.840. The molecule has 0 aliphatic carbocycles. The maximum absolute atomic E-state index is 11.9. The van der Waals surface area contributed by atoms with Crippen LogP contribution >= 0.6 is 0 Å². The van der Waals surface area contributed by atoms with Crippen LogP contribution in [0.15, 0.2) is 12.4 Å². The van der Waals surface area contributed by atoms with Crippen LogP contribution < -0.4 is 5.32 Å². The molecular formula is C13H22N4O. The maximum atomic E-state index is 11.9. The van der Waals surface area contributed by atoms with Gasteiger partial charge in [0.2, 0.25) is 5.91 Å². The van der Waals surface area contributed by atoms with Crippen molar-refractivity contribution in [1.82, 2.24) is 20.0 Å². The normalized spacial score (nSPS) is 17.9. The largest absolute Gasteiger partial charge is 0.353 e. The number of rotatable bonds is 5. The molecule has 1 aromatic heterocycles.